The summed E-state index contributed by atoms with van der Waals surface area (Å²) in [5, 5.41) is 16.7. The van der Waals surface area contributed by atoms with Gasteiger partial charge in [0, 0.05) is 12.1 Å². The standard InChI is InChI=1S/C12H16N2O3S/c1-12(2)10(7-14-15)11(12)8-3-5-9(6-4-8)18(13,16)17/h3-7,10-11,15H,1-2H3,(H2,13,16,17)/b14-7+/t10-,11-/m1/s1. The van der Waals surface area contributed by atoms with Crippen molar-refractivity contribution in [3.63, 3.8) is 0 Å². The first-order chi connectivity index (χ1) is 8.28. The van der Waals surface area contributed by atoms with Crippen LogP contribution in [0.5, 0.6) is 0 Å². The second-order valence-electron chi connectivity index (χ2n) is 5.20. The maximum Gasteiger partial charge on any atom is 0.238 e. The van der Waals surface area contributed by atoms with Crippen molar-refractivity contribution in [1.29, 1.82) is 0 Å². The molecule has 0 saturated heterocycles. The van der Waals surface area contributed by atoms with Crippen LogP contribution < -0.4 is 5.14 Å². The molecule has 98 valence electrons. The van der Waals surface area contributed by atoms with Gasteiger partial charge in [-0.1, -0.05) is 26.0 Å². The molecule has 6 heteroatoms. The molecule has 0 unspecified atom stereocenters. The third-order valence-electron chi connectivity index (χ3n) is 3.71. The lowest BCUT2D eigenvalue weighted by molar-refractivity contribution is 0.319. The number of nitrogens with zero attached hydrogens (tertiary/aromatic N) is 1. The van der Waals surface area contributed by atoms with Gasteiger partial charge in [-0.2, -0.15) is 0 Å². The van der Waals surface area contributed by atoms with Crippen LogP contribution in [0.1, 0.15) is 25.3 Å². The predicted molar refractivity (Wildman–Crippen MR) is 68.1 cm³/mol. The summed E-state index contributed by atoms with van der Waals surface area (Å²) in [4.78, 5) is 0.108. The van der Waals surface area contributed by atoms with Crippen molar-refractivity contribution in [3.8, 4) is 0 Å². The topological polar surface area (TPSA) is 92.8 Å². The number of primary sulfonamides is 1. The fourth-order valence-electron chi connectivity index (χ4n) is 2.53. The highest BCUT2D eigenvalue weighted by Gasteiger charge is 2.57. The number of oxime groups is 1. The quantitative estimate of drug-likeness (QED) is 0.494. The summed E-state index contributed by atoms with van der Waals surface area (Å²) in [5.41, 5.74) is 1.05. The molecule has 5 nitrogen and oxygen atoms in total. The van der Waals surface area contributed by atoms with E-state index in [0.29, 0.717) is 0 Å². The van der Waals surface area contributed by atoms with Gasteiger partial charge in [0.15, 0.2) is 0 Å². The Morgan fingerprint density at radius 2 is 1.89 bits per heavy atom. The van der Waals surface area contributed by atoms with E-state index in [2.05, 4.69) is 19.0 Å². The maximum absolute atomic E-state index is 11.1. The molecule has 0 spiro atoms. The summed E-state index contributed by atoms with van der Waals surface area (Å²) >= 11 is 0. The Morgan fingerprint density at radius 1 is 1.33 bits per heavy atom. The summed E-state index contributed by atoms with van der Waals surface area (Å²) in [7, 11) is -3.64. The van der Waals surface area contributed by atoms with E-state index in [0.717, 1.165) is 5.56 Å². The molecule has 18 heavy (non-hydrogen) atoms. The van der Waals surface area contributed by atoms with Crippen molar-refractivity contribution < 1.29 is 13.6 Å². The van der Waals surface area contributed by atoms with Crippen molar-refractivity contribution in [2.75, 3.05) is 0 Å². The Kier molecular flexibility index (Phi) is 2.95. The fourth-order valence-corrected chi connectivity index (χ4v) is 3.04. The van der Waals surface area contributed by atoms with Gasteiger partial charge < -0.3 is 5.21 Å². The van der Waals surface area contributed by atoms with E-state index >= 15 is 0 Å². The lowest BCUT2D eigenvalue weighted by Crippen LogP contribution is -2.11. The monoisotopic (exact) mass is 268 g/mol. The second-order valence-corrected chi connectivity index (χ2v) is 6.76. The van der Waals surface area contributed by atoms with E-state index in [1.54, 1.807) is 12.1 Å². The van der Waals surface area contributed by atoms with Gasteiger partial charge in [-0.15, -0.1) is 5.16 Å². The molecular formula is C12H16N2O3S. The minimum atomic E-state index is -3.64. The zero-order chi connectivity index (χ0) is 13.6. The van der Waals surface area contributed by atoms with Gasteiger partial charge in [0.2, 0.25) is 10.0 Å². The number of rotatable bonds is 3. The minimum absolute atomic E-state index is 0.0232. The summed E-state index contributed by atoms with van der Waals surface area (Å²) in [5.74, 6) is 0.408. The first-order valence-electron chi connectivity index (χ1n) is 5.59. The van der Waals surface area contributed by atoms with E-state index in [1.165, 1.54) is 18.3 Å². The van der Waals surface area contributed by atoms with Crippen molar-refractivity contribution in [1.82, 2.24) is 0 Å². The van der Waals surface area contributed by atoms with Crippen LogP contribution in [-0.2, 0) is 10.0 Å². The van der Waals surface area contributed by atoms with Crippen LogP contribution in [0.3, 0.4) is 0 Å². The first-order valence-corrected chi connectivity index (χ1v) is 7.13. The largest absolute Gasteiger partial charge is 0.411 e. The van der Waals surface area contributed by atoms with Crippen LogP contribution in [0.15, 0.2) is 34.3 Å². The Balaban J connectivity index is 2.27. The molecule has 0 heterocycles. The van der Waals surface area contributed by atoms with E-state index in [-0.39, 0.29) is 22.1 Å². The molecule has 3 N–H and O–H groups in total. The molecule has 0 aromatic heterocycles. The molecule has 1 aliphatic carbocycles. The lowest BCUT2D eigenvalue weighted by atomic mass is 10.0. The van der Waals surface area contributed by atoms with Gasteiger partial charge in [-0.3, -0.25) is 0 Å². The summed E-state index contributed by atoms with van der Waals surface area (Å²) in [6, 6.07) is 6.53. The van der Waals surface area contributed by atoms with E-state index in [9.17, 15) is 8.42 Å². The molecule has 1 saturated carbocycles. The Morgan fingerprint density at radius 3 is 2.33 bits per heavy atom. The van der Waals surface area contributed by atoms with E-state index in [1.807, 2.05) is 0 Å². The smallest absolute Gasteiger partial charge is 0.238 e. The number of nitrogens with two attached hydrogens (primary N) is 1. The van der Waals surface area contributed by atoms with Gasteiger partial charge in [-0.25, -0.2) is 13.6 Å². The third kappa shape index (κ3) is 2.13. The zero-order valence-electron chi connectivity index (χ0n) is 10.2. The molecule has 2 rings (SSSR count). The van der Waals surface area contributed by atoms with E-state index < -0.39 is 10.0 Å². The number of hydrogen-bond donors (Lipinski definition) is 2. The van der Waals surface area contributed by atoms with Crippen LogP contribution in [-0.4, -0.2) is 19.8 Å². The van der Waals surface area contributed by atoms with Crippen molar-refractivity contribution in [2.24, 2.45) is 21.6 Å². The van der Waals surface area contributed by atoms with Crippen LogP contribution in [0.25, 0.3) is 0 Å². The molecule has 1 aliphatic rings. The molecule has 1 fully saturated rings. The van der Waals surface area contributed by atoms with Crippen LogP contribution in [0.4, 0.5) is 0 Å². The Bertz CT molecular complexity index is 576. The zero-order valence-corrected chi connectivity index (χ0v) is 11.1. The summed E-state index contributed by atoms with van der Waals surface area (Å²) in [6.07, 6.45) is 1.53. The van der Waals surface area contributed by atoms with Gasteiger partial charge in [0.25, 0.3) is 0 Å². The van der Waals surface area contributed by atoms with Crippen molar-refractivity contribution >= 4 is 16.2 Å². The second kappa shape index (κ2) is 4.07. The average molecular weight is 268 g/mol. The van der Waals surface area contributed by atoms with E-state index in [4.69, 9.17) is 10.3 Å². The van der Waals surface area contributed by atoms with Crippen molar-refractivity contribution in [3.05, 3.63) is 29.8 Å². The first kappa shape index (κ1) is 13.0. The molecule has 0 aliphatic heterocycles. The SMILES string of the molecule is CC1(C)[C@H](/C=N/O)[C@H]1c1ccc(S(N)(=O)=O)cc1. The summed E-state index contributed by atoms with van der Waals surface area (Å²) in [6.45, 7) is 4.16. The summed E-state index contributed by atoms with van der Waals surface area (Å²) < 4.78 is 22.3. The highest BCUT2D eigenvalue weighted by Crippen LogP contribution is 2.63. The molecule has 0 amide bonds. The van der Waals surface area contributed by atoms with Gasteiger partial charge in [-0.05, 0) is 29.0 Å². The number of benzene rings is 1. The van der Waals surface area contributed by atoms with Crippen LogP contribution in [0, 0.1) is 11.3 Å². The van der Waals surface area contributed by atoms with Gasteiger partial charge in [0.1, 0.15) is 0 Å². The Hall–Kier alpha value is -1.40. The van der Waals surface area contributed by atoms with Crippen LogP contribution in [0.2, 0.25) is 0 Å². The molecular weight excluding hydrogens is 252 g/mol. The van der Waals surface area contributed by atoms with Gasteiger partial charge >= 0.3 is 0 Å². The maximum atomic E-state index is 11.1. The number of hydrogen-bond acceptors (Lipinski definition) is 4. The minimum Gasteiger partial charge on any atom is -0.411 e. The molecule has 1 aromatic rings. The average Bonchev–Trinajstić information content (AvgIpc) is 2.80. The van der Waals surface area contributed by atoms with Crippen molar-refractivity contribution in [2.45, 2.75) is 24.7 Å². The third-order valence-corrected chi connectivity index (χ3v) is 4.63. The predicted octanol–water partition coefficient (Wildman–Crippen LogP) is 1.53. The highest BCUT2D eigenvalue weighted by molar-refractivity contribution is 7.89. The fraction of sp³-hybridized carbons (Fsp3) is 0.417. The molecule has 2 atom stereocenters. The van der Waals surface area contributed by atoms with Crippen LogP contribution >= 0.6 is 0 Å². The normalized spacial score (nSPS) is 26.4. The molecule has 1 aromatic carbocycles. The highest BCUT2D eigenvalue weighted by atomic mass is 32.2. The Labute approximate surface area is 106 Å². The lowest BCUT2D eigenvalue weighted by Gasteiger charge is -2.04. The molecule has 0 bridgehead atoms. The number of sulfonamides is 1. The molecule has 0 radical (unpaired) electrons. The van der Waals surface area contributed by atoms with Gasteiger partial charge in [0.05, 0.1) is 4.90 Å².